The molecule has 4 rings (SSSR count). The molecule has 1 unspecified atom stereocenters. The maximum absolute atomic E-state index is 14.3. The monoisotopic (exact) mass is 649 g/mol. The maximum atomic E-state index is 14.3. The second kappa shape index (κ2) is 14.0. The lowest BCUT2D eigenvalue weighted by Crippen LogP contribution is -2.55. The third kappa shape index (κ3) is 7.40. The zero-order valence-corrected chi connectivity index (χ0v) is 27.7. The molecule has 2 atom stereocenters. The number of nitrogens with zero attached hydrogens (tertiary/aromatic N) is 2. The zero-order chi connectivity index (χ0) is 34.6. The molecule has 1 N–H and O–H groups in total. The SMILES string of the molecule is COC(=O)c1ccc2c(CN3C(=O)C(NC(=O)[C@H](C)N(C)C(=O)OC(C)(C)C)COc4c(C(=O)OC)cccc43)c(OC)ccc2c1. The highest BCUT2D eigenvalue weighted by molar-refractivity contribution is 6.05. The highest BCUT2D eigenvalue weighted by Crippen LogP contribution is 2.38. The molecule has 0 aliphatic carbocycles. The van der Waals surface area contributed by atoms with Crippen LogP contribution in [0.2, 0.25) is 0 Å². The van der Waals surface area contributed by atoms with E-state index in [1.54, 1.807) is 63.2 Å². The molecule has 13 heteroatoms. The Bertz CT molecular complexity index is 1710. The predicted octanol–water partition coefficient (Wildman–Crippen LogP) is 4.09. The fourth-order valence-electron chi connectivity index (χ4n) is 5.06. The molecular weight excluding hydrogens is 610 g/mol. The smallest absolute Gasteiger partial charge is 0.410 e. The Kier molecular flexibility index (Phi) is 10.3. The van der Waals surface area contributed by atoms with Crippen molar-refractivity contribution in [1.29, 1.82) is 0 Å². The lowest BCUT2D eigenvalue weighted by molar-refractivity contribution is -0.130. The standard InChI is InChI=1S/C34H39N3O10/c1-19(36(5)33(42)47-34(2,3)4)29(38)35-25-18-46-28-23(32(41)45-8)10-9-11-26(28)37(30(25)39)17-24-22-14-12-21(31(40)44-7)16-20(22)13-15-27(24)43-6/h9-16,19,25H,17-18H2,1-8H3,(H,35,38)/t19-,25?/m0/s1. The van der Waals surface area contributed by atoms with Crippen LogP contribution in [-0.2, 0) is 30.3 Å². The summed E-state index contributed by atoms with van der Waals surface area (Å²) in [6, 6.07) is 11.0. The van der Waals surface area contributed by atoms with E-state index in [1.807, 2.05) is 0 Å². The van der Waals surface area contributed by atoms with Crippen molar-refractivity contribution in [2.24, 2.45) is 0 Å². The third-order valence-electron chi connectivity index (χ3n) is 7.65. The van der Waals surface area contributed by atoms with E-state index < -0.39 is 47.5 Å². The Hall–Kier alpha value is -5.33. The van der Waals surface area contributed by atoms with Gasteiger partial charge in [0.05, 0.1) is 39.1 Å². The second-order valence-electron chi connectivity index (χ2n) is 11.9. The number of rotatable bonds is 8. The maximum Gasteiger partial charge on any atom is 0.410 e. The van der Waals surface area contributed by atoms with Crippen molar-refractivity contribution in [3.05, 3.63) is 65.2 Å². The number of nitrogens with one attached hydrogen (secondary N) is 1. The average Bonchev–Trinajstić information content (AvgIpc) is 3.18. The summed E-state index contributed by atoms with van der Waals surface area (Å²) >= 11 is 0. The Balaban J connectivity index is 1.76. The van der Waals surface area contributed by atoms with Crippen molar-refractivity contribution in [1.82, 2.24) is 10.2 Å². The van der Waals surface area contributed by atoms with E-state index in [0.717, 1.165) is 4.90 Å². The number of hydrogen-bond acceptors (Lipinski definition) is 10. The van der Waals surface area contributed by atoms with Gasteiger partial charge in [-0.15, -0.1) is 0 Å². The summed E-state index contributed by atoms with van der Waals surface area (Å²) in [6.07, 6.45) is -0.709. The van der Waals surface area contributed by atoms with E-state index in [-0.39, 0.29) is 30.2 Å². The summed E-state index contributed by atoms with van der Waals surface area (Å²) in [5.74, 6) is -1.80. The van der Waals surface area contributed by atoms with Gasteiger partial charge in [-0.05, 0) is 68.8 Å². The van der Waals surface area contributed by atoms with Crippen molar-refractivity contribution in [2.75, 3.05) is 39.9 Å². The number of methoxy groups -OCH3 is 3. The molecule has 0 bridgehead atoms. The van der Waals surface area contributed by atoms with Gasteiger partial charge in [-0.1, -0.05) is 18.2 Å². The van der Waals surface area contributed by atoms with E-state index in [4.69, 9.17) is 23.7 Å². The molecule has 47 heavy (non-hydrogen) atoms. The van der Waals surface area contributed by atoms with Gasteiger partial charge in [0.15, 0.2) is 5.75 Å². The number of carbonyl (C=O) groups excluding carboxylic acids is 5. The number of para-hydroxylation sites is 1. The van der Waals surface area contributed by atoms with Crippen LogP contribution in [0.3, 0.4) is 0 Å². The largest absolute Gasteiger partial charge is 0.496 e. The molecule has 0 fully saturated rings. The minimum atomic E-state index is -1.22. The van der Waals surface area contributed by atoms with E-state index >= 15 is 0 Å². The molecule has 3 aromatic rings. The fourth-order valence-corrected chi connectivity index (χ4v) is 5.06. The number of likely N-dealkylation sites (N-methyl/N-ethyl adjacent to an activating group) is 1. The lowest BCUT2D eigenvalue weighted by Gasteiger charge is -2.30. The molecule has 1 heterocycles. The molecule has 250 valence electrons. The summed E-state index contributed by atoms with van der Waals surface area (Å²) in [5.41, 5.74) is 0.505. The molecule has 0 aromatic heterocycles. The zero-order valence-electron chi connectivity index (χ0n) is 27.7. The summed E-state index contributed by atoms with van der Waals surface area (Å²) in [7, 11) is 5.45. The first-order valence-electron chi connectivity index (χ1n) is 14.8. The van der Waals surface area contributed by atoms with E-state index in [9.17, 15) is 24.0 Å². The van der Waals surface area contributed by atoms with Gasteiger partial charge < -0.3 is 33.9 Å². The van der Waals surface area contributed by atoms with Crippen molar-refractivity contribution >= 4 is 46.3 Å². The summed E-state index contributed by atoms with van der Waals surface area (Å²) in [5, 5.41) is 4.09. The molecule has 0 radical (unpaired) electrons. The van der Waals surface area contributed by atoms with Crippen LogP contribution in [0.1, 0.15) is 54.0 Å². The number of fused-ring (bicyclic) bond motifs is 2. The first kappa shape index (κ1) is 34.5. The van der Waals surface area contributed by atoms with Gasteiger partial charge in [-0.25, -0.2) is 14.4 Å². The van der Waals surface area contributed by atoms with Crippen molar-refractivity contribution < 1.29 is 47.7 Å². The summed E-state index contributed by atoms with van der Waals surface area (Å²) < 4.78 is 26.9. The lowest BCUT2D eigenvalue weighted by atomic mass is 10.00. The van der Waals surface area contributed by atoms with Crippen LogP contribution < -0.4 is 19.7 Å². The Morgan fingerprint density at radius 1 is 1.02 bits per heavy atom. The predicted molar refractivity (Wildman–Crippen MR) is 172 cm³/mol. The number of carbonyl (C=O) groups is 5. The molecule has 13 nitrogen and oxygen atoms in total. The third-order valence-corrected chi connectivity index (χ3v) is 7.65. The first-order chi connectivity index (χ1) is 22.2. The quantitative estimate of drug-likeness (QED) is 0.279. The molecule has 0 spiro atoms. The molecule has 1 aliphatic rings. The van der Waals surface area contributed by atoms with Gasteiger partial charge in [0, 0.05) is 12.6 Å². The van der Waals surface area contributed by atoms with Crippen LogP contribution in [0, 0.1) is 0 Å². The molecule has 0 saturated heterocycles. The molecule has 0 saturated carbocycles. The second-order valence-corrected chi connectivity index (χ2v) is 11.9. The van der Waals surface area contributed by atoms with Crippen molar-refractivity contribution in [3.8, 4) is 11.5 Å². The number of anilines is 1. The Morgan fingerprint density at radius 3 is 2.36 bits per heavy atom. The molecular formula is C34H39N3O10. The number of benzene rings is 3. The van der Waals surface area contributed by atoms with Crippen molar-refractivity contribution in [3.63, 3.8) is 0 Å². The van der Waals surface area contributed by atoms with Crippen LogP contribution in [0.5, 0.6) is 11.5 Å². The highest BCUT2D eigenvalue weighted by atomic mass is 16.6. The van der Waals surface area contributed by atoms with E-state index in [2.05, 4.69) is 5.32 Å². The topological polar surface area (TPSA) is 150 Å². The normalized spacial score (nSPS) is 15.0. The summed E-state index contributed by atoms with van der Waals surface area (Å²) in [4.78, 5) is 67.9. The van der Waals surface area contributed by atoms with Crippen LogP contribution in [0.4, 0.5) is 10.5 Å². The Morgan fingerprint density at radius 2 is 1.72 bits per heavy atom. The minimum absolute atomic E-state index is 0.0718. The van der Waals surface area contributed by atoms with Gasteiger partial charge in [0.1, 0.15) is 35.6 Å². The van der Waals surface area contributed by atoms with Gasteiger partial charge in [-0.3, -0.25) is 14.5 Å². The highest BCUT2D eigenvalue weighted by Gasteiger charge is 2.37. The van der Waals surface area contributed by atoms with Crippen LogP contribution in [0.15, 0.2) is 48.5 Å². The van der Waals surface area contributed by atoms with E-state index in [1.165, 1.54) is 46.3 Å². The van der Waals surface area contributed by atoms with Gasteiger partial charge in [0.25, 0.3) is 5.91 Å². The van der Waals surface area contributed by atoms with Crippen LogP contribution in [-0.4, -0.2) is 87.4 Å². The van der Waals surface area contributed by atoms with Crippen molar-refractivity contribution in [2.45, 2.75) is 51.9 Å². The minimum Gasteiger partial charge on any atom is -0.496 e. The van der Waals surface area contributed by atoms with Crippen LogP contribution in [0.25, 0.3) is 10.8 Å². The molecule has 3 amide bonds. The van der Waals surface area contributed by atoms with Gasteiger partial charge in [-0.2, -0.15) is 0 Å². The Labute approximate surface area is 272 Å². The van der Waals surface area contributed by atoms with Gasteiger partial charge in [0.2, 0.25) is 5.91 Å². The number of amides is 3. The average molecular weight is 650 g/mol. The fraction of sp³-hybridized carbons (Fsp3) is 0.382. The van der Waals surface area contributed by atoms with Crippen LogP contribution >= 0.6 is 0 Å². The molecule has 3 aromatic carbocycles. The van der Waals surface area contributed by atoms with Gasteiger partial charge >= 0.3 is 18.0 Å². The number of hydrogen-bond donors (Lipinski definition) is 1. The first-order valence-corrected chi connectivity index (χ1v) is 14.8. The molecule has 1 aliphatic heterocycles. The number of ether oxygens (including phenoxy) is 5. The summed E-state index contributed by atoms with van der Waals surface area (Å²) in [6.45, 7) is 6.25. The van der Waals surface area contributed by atoms with E-state index in [0.29, 0.717) is 27.6 Å². The number of esters is 2.